The highest BCUT2D eigenvalue weighted by Gasteiger charge is 2.43. The standard InChI is InChI=1S/C23H34N6O2S/c1-4-29(23(31)26-16-5-7-27(2)8-6-16)22(30)15-9-14-10-17-18(12-24)21(25)32-20(17)11-19(14)28(3)13-15/h14-16,19H,4-11,13,25H2,1-3H3,(H,26,31)/t14-,15-,19-/m1/s1. The highest BCUT2D eigenvalue weighted by molar-refractivity contribution is 7.16. The molecule has 9 heteroatoms. The van der Waals surface area contributed by atoms with E-state index in [2.05, 4.69) is 35.3 Å². The van der Waals surface area contributed by atoms with Gasteiger partial charge in [0.25, 0.3) is 0 Å². The quantitative estimate of drug-likeness (QED) is 0.717. The highest BCUT2D eigenvalue weighted by atomic mass is 32.1. The maximum Gasteiger partial charge on any atom is 0.324 e. The van der Waals surface area contributed by atoms with Crippen LogP contribution in [0.3, 0.4) is 0 Å². The molecule has 3 aliphatic rings. The van der Waals surface area contributed by atoms with E-state index in [9.17, 15) is 14.9 Å². The minimum absolute atomic E-state index is 0.0839. The van der Waals surface area contributed by atoms with E-state index < -0.39 is 0 Å². The van der Waals surface area contributed by atoms with Crippen LogP contribution in [0.15, 0.2) is 0 Å². The fraction of sp³-hybridized carbons (Fsp3) is 0.696. The average Bonchev–Trinajstić information content (AvgIpc) is 3.08. The number of nitrogens with zero attached hydrogens (tertiary/aromatic N) is 4. The molecule has 0 spiro atoms. The zero-order valence-corrected chi connectivity index (χ0v) is 20.1. The molecule has 32 heavy (non-hydrogen) atoms. The Labute approximate surface area is 194 Å². The van der Waals surface area contributed by atoms with Crippen LogP contribution in [0.5, 0.6) is 0 Å². The van der Waals surface area contributed by atoms with Crippen LogP contribution in [0.25, 0.3) is 0 Å². The van der Waals surface area contributed by atoms with Crippen molar-refractivity contribution < 1.29 is 9.59 Å². The van der Waals surface area contributed by atoms with Gasteiger partial charge in [0.05, 0.1) is 11.5 Å². The summed E-state index contributed by atoms with van der Waals surface area (Å²) in [6, 6.07) is 2.48. The zero-order chi connectivity index (χ0) is 23.0. The number of imide groups is 1. The third-order valence-electron chi connectivity index (χ3n) is 7.52. The normalized spacial score (nSPS) is 26.6. The van der Waals surface area contributed by atoms with Crippen molar-refractivity contribution in [2.45, 2.75) is 51.1 Å². The third-order valence-corrected chi connectivity index (χ3v) is 8.60. The number of likely N-dealkylation sites (tertiary alicyclic amines) is 2. The Morgan fingerprint density at radius 3 is 2.66 bits per heavy atom. The molecule has 3 N–H and O–H groups in total. The summed E-state index contributed by atoms with van der Waals surface area (Å²) in [4.78, 5) is 33.5. The summed E-state index contributed by atoms with van der Waals surface area (Å²) < 4.78 is 0. The van der Waals surface area contributed by atoms with Gasteiger partial charge in [0, 0.05) is 30.1 Å². The van der Waals surface area contributed by atoms with Crippen LogP contribution in [0.4, 0.5) is 9.80 Å². The van der Waals surface area contributed by atoms with Gasteiger partial charge in [-0.25, -0.2) is 4.79 Å². The van der Waals surface area contributed by atoms with E-state index in [-0.39, 0.29) is 29.8 Å². The van der Waals surface area contributed by atoms with Gasteiger partial charge in [0.2, 0.25) is 5.91 Å². The van der Waals surface area contributed by atoms with Gasteiger partial charge in [-0.3, -0.25) is 9.69 Å². The predicted octanol–water partition coefficient (Wildman–Crippen LogP) is 1.89. The topological polar surface area (TPSA) is 106 Å². The van der Waals surface area contributed by atoms with Gasteiger partial charge in [0.1, 0.15) is 11.1 Å². The molecule has 3 heterocycles. The van der Waals surface area contributed by atoms with Gasteiger partial charge in [0.15, 0.2) is 0 Å². The first kappa shape index (κ1) is 23.0. The largest absolute Gasteiger partial charge is 0.389 e. The van der Waals surface area contributed by atoms with E-state index in [1.165, 1.54) is 21.1 Å². The summed E-state index contributed by atoms with van der Waals surface area (Å²) in [5, 5.41) is 13.2. The summed E-state index contributed by atoms with van der Waals surface area (Å²) in [6.45, 7) is 4.80. The minimum Gasteiger partial charge on any atom is -0.389 e. The highest BCUT2D eigenvalue weighted by Crippen LogP contribution is 2.43. The molecule has 0 unspecified atom stereocenters. The zero-order valence-electron chi connectivity index (χ0n) is 19.3. The number of nitriles is 1. The number of fused-ring (bicyclic) bond motifs is 2. The summed E-state index contributed by atoms with van der Waals surface area (Å²) in [5.74, 6) is -0.0150. The second-order valence-corrected chi connectivity index (χ2v) is 10.7. The van der Waals surface area contributed by atoms with Crippen LogP contribution < -0.4 is 11.1 Å². The monoisotopic (exact) mass is 458 g/mol. The predicted molar refractivity (Wildman–Crippen MR) is 125 cm³/mol. The Hall–Kier alpha value is -2.15. The van der Waals surface area contributed by atoms with E-state index in [1.54, 1.807) is 0 Å². The second-order valence-electron chi connectivity index (χ2n) is 9.57. The van der Waals surface area contributed by atoms with E-state index in [0.717, 1.165) is 50.8 Å². The van der Waals surface area contributed by atoms with Crippen molar-refractivity contribution in [2.24, 2.45) is 11.8 Å². The molecule has 3 amide bonds. The Bertz CT molecular complexity index is 916. The fourth-order valence-corrected chi connectivity index (χ4v) is 6.77. The molecule has 0 radical (unpaired) electrons. The fourth-order valence-electron chi connectivity index (χ4n) is 5.68. The SMILES string of the molecule is CCN(C(=O)NC1CCN(C)CC1)C(=O)[C@@H]1C[C@@H]2Cc3c(sc(N)c3C#N)C[C@H]2N(C)C1. The Kier molecular flexibility index (Phi) is 6.75. The molecular formula is C23H34N6O2S. The number of likely N-dealkylation sites (N-methyl/N-ethyl adjacent to an activating group) is 1. The number of piperidine rings is 2. The van der Waals surface area contributed by atoms with Crippen molar-refractivity contribution in [3.8, 4) is 6.07 Å². The molecule has 174 valence electrons. The molecule has 2 saturated heterocycles. The number of thiophene rings is 1. The number of nitrogens with one attached hydrogen (secondary N) is 1. The van der Waals surface area contributed by atoms with E-state index >= 15 is 0 Å². The molecule has 1 aromatic heterocycles. The molecular weight excluding hydrogens is 424 g/mol. The lowest BCUT2D eigenvalue weighted by Gasteiger charge is -2.45. The third kappa shape index (κ3) is 4.36. The van der Waals surface area contributed by atoms with E-state index in [1.807, 2.05) is 6.92 Å². The molecule has 1 aromatic rings. The maximum absolute atomic E-state index is 13.4. The lowest BCUT2D eigenvalue weighted by Crippen LogP contribution is -2.56. The molecule has 0 saturated carbocycles. The van der Waals surface area contributed by atoms with E-state index in [0.29, 0.717) is 29.7 Å². The number of carbonyl (C=O) groups is 2. The summed E-state index contributed by atoms with van der Waals surface area (Å²) >= 11 is 1.53. The van der Waals surface area contributed by atoms with Gasteiger partial charge < -0.3 is 20.9 Å². The van der Waals surface area contributed by atoms with Gasteiger partial charge in [-0.15, -0.1) is 11.3 Å². The number of nitrogens with two attached hydrogens (primary N) is 1. The van der Waals surface area contributed by atoms with Crippen molar-refractivity contribution >= 4 is 28.3 Å². The molecule has 0 bridgehead atoms. The summed E-state index contributed by atoms with van der Waals surface area (Å²) in [6.07, 6.45) is 4.22. The number of anilines is 1. The van der Waals surface area contributed by atoms with Crippen LogP contribution in [0.2, 0.25) is 0 Å². The molecule has 2 aliphatic heterocycles. The first-order valence-electron chi connectivity index (χ1n) is 11.6. The van der Waals surface area contributed by atoms with Gasteiger partial charge in [-0.05, 0) is 77.7 Å². The number of carbonyl (C=O) groups excluding carboxylic acids is 2. The smallest absolute Gasteiger partial charge is 0.324 e. The number of hydrogen-bond acceptors (Lipinski definition) is 7. The number of rotatable bonds is 3. The number of nitrogen functional groups attached to an aromatic ring is 1. The summed E-state index contributed by atoms with van der Waals surface area (Å²) in [7, 11) is 4.16. The average molecular weight is 459 g/mol. The number of amides is 3. The van der Waals surface area contributed by atoms with Gasteiger partial charge in [-0.1, -0.05) is 0 Å². The summed E-state index contributed by atoms with van der Waals surface area (Å²) in [5.41, 5.74) is 7.77. The second kappa shape index (κ2) is 9.38. The van der Waals surface area contributed by atoms with E-state index in [4.69, 9.17) is 5.73 Å². The first-order chi connectivity index (χ1) is 15.3. The Balaban J connectivity index is 1.44. The Morgan fingerprint density at radius 2 is 2.00 bits per heavy atom. The van der Waals surface area contributed by atoms with Crippen molar-refractivity contribution in [1.82, 2.24) is 20.0 Å². The van der Waals surface area contributed by atoms with Gasteiger partial charge >= 0.3 is 6.03 Å². The first-order valence-corrected chi connectivity index (χ1v) is 12.4. The van der Waals surface area contributed by atoms with Crippen LogP contribution >= 0.6 is 11.3 Å². The van der Waals surface area contributed by atoms with Crippen LogP contribution in [0, 0.1) is 23.2 Å². The number of urea groups is 1. The van der Waals surface area contributed by atoms with Crippen molar-refractivity contribution in [1.29, 1.82) is 5.26 Å². The number of hydrogen-bond donors (Lipinski definition) is 2. The Morgan fingerprint density at radius 1 is 1.28 bits per heavy atom. The lowest BCUT2D eigenvalue weighted by atomic mass is 9.74. The van der Waals surface area contributed by atoms with Gasteiger partial charge in [-0.2, -0.15) is 5.26 Å². The molecule has 2 fully saturated rings. The minimum atomic E-state index is -0.264. The maximum atomic E-state index is 13.4. The molecule has 3 atom stereocenters. The molecule has 8 nitrogen and oxygen atoms in total. The van der Waals surface area contributed by atoms with Crippen molar-refractivity contribution in [3.05, 3.63) is 16.0 Å². The lowest BCUT2D eigenvalue weighted by molar-refractivity contribution is -0.135. The molecule has 4 rings (SSSR count). The molecule has 0 aromatic carbocycles. The van der Waals surface area contributed by atoms with Crippen LogP contribution in [-0.2, 0) is 17.6 Å². The van der Waals surface area contributed by atoms with Crippen LogP contribution in [0.1, 0.15) is 42.2 Å². The molecule has 1 aliphatic carbocycles. The van der Waals surface area contributed by atoms with Crippen molar-refractivity contribution in [3.63, 3.8) is 0 Å². The van der Waals surface area contributed by atoms with Crippen molar-refractivity contribution in [2.75, 3.05) is 46.0 Å². The van der Waals surface area contributed by atoms with Crippen LogP contribution in [-0.4, -0.2) is 79.0 Å².